The Morgan fingerprint density at radius 3 is 2.63 bits per heavy atom. The molecule has 19 heavy (non-hydrogen) atoms. The molecule has 0 fully saturated rings. The van der Waals surface area contributed by atoms with Crippen LogP contribution in [0.1, 0.15) is 30.6 Å². The van der Waals surface area contributed by atoms with Gasteiger partial charge in [-0.25, -0.2) is 0 Å². The fraction of sp³-hybridized carbons (Fsp3) is 0.500. The number of anilines is 1. The van der Waals surface area contributed by atoms with Gasteiger partial charge in [0.25, 0.3) is 5.91 Å². The van der Waals surface area contributed by atoms with Crippen LogP contribution in [0.15, 0.2) is 18.2 Å². The first-order valence-electron chi connectivity index (χ1n) is 6.40. The lowest BCUT2D eigenvalue weighted by Gasteiger charge is -2.11. The average Bonchev–Trinajstić information content (AvgIpc) is 2.34. The number of nitrogens with two attached hydrogens (primary N) is 2. The first-order valence-corrected chi connectivity index (χ1v) is 6.40. The first-order chi connectivity index (χ1) is 9.00. The summed E-state index contributed by atoms with van der Waals surface area (Å²) in [6, 6.07) is 4.82. The Hall–Kier alpha value is -1.75. The van der Waals surface area contributed by atoms with Crippen molar-refractivity contribution in [3.63, 3.8) is 0 Å². The van der Waals surface area contributed by atoms with E-state index >= 15 is 0 Å². The Morgan fingerprint density at radius 1 is 1.26 bits per heavy atom. The molecule has 1 rings (SSSR count). The molecule has 5 nitrogen and oxygen atoms in total. The molecule has 0 atom stereocenters. The van der Waals surface area contributed by atoms with E-state index in [-0.39, 0.29) is 0 Å². The molecule has 1 aromatic carbocycles. The summed E-state index contributed by atoms with van der Waals surface area (Å²) >= 11 is 0. The molecule has 0 saturated carbocycles. The van der Waals surface area contributed by atoms with E-state index in [4.69, 9.17) is 20.9 Å². The van der Waals surface area contributed by atoms with Crippen LogP contribution in [0.25, 0.3) is 0 Å². The second-order valence-corrected chi connectivity index (χ2v) is 4.76. The van der Waals surface area contributed by atoms with Gasteiger partial charge >= 0.3 is 0 Å². The van der Waals surface area contributed by atoms with Gasteiger partial charge in [-0.3, -0.25) is 4.79 Å². The zero-order chi connectivity index (χ0) is 14.3. The monoisotopic (exact) mass is 266 g/mol. The van der Waals surface area contributed by atoms with Gasteiger partial charge in [0.1, 0.15) is 12.4 Å². The number of primary amides is 1. The minimum atomic E-state index is -0.553. The number of benzene rings is 1. The van der Waals surface area contributed by atoms with Crippen LogP contribution in [0, 0.1) is 5.92 Å². The van der Waals surface area contributed by atoms with Crippen LogP contribution in [0.5, 0.6) is 5.75 Å². The minimum Gasteiger partial charge on any atom is -0.490 e. The van der Waals surface area contributed by atoms with Crippen molar-refractivity contribution >= 4 is 11.6 Å². The van der Waals surface area contributed by atoms with Gasteiger partial charge in [-0.05, 0) is 30.5 Å². The van der Waals surface area contributed by atoms with E-state index in [1.165, 1.54) is 6.07 Å². The highest BCUT2D eigenvalue weighted by Gasteiger charge is 2.09. The lowest BCUT2D eigenvalue weighted by molar-refractivity contribution is 0.0904. The number of rotatable bonds is 8. The van der Waals surface area contributed by atoms with Gasteiger partial charge < -0.3 is 20.9 Å². The normalized spacial score (nSPS) is 10.7. The molecule has 0 spiro atoms. The summed E-state index contributed by atoms with van der Waals surface area (Å²) < 4.78 is 10.9. The molecular formula is C14H22N2O3. The Kier molecular flexibility index (Phi) is 6.15. The number of carbonyl (C=O) groups excluding carboxylic acids is 1. The predicted molar refractivity (Wildman–Crippen MR) is 75.1 cm³/mol. The summed E-state index contributed by atoms with van der Waals surface area (Å²) in [4.78, 5) is 11.2. The molecule has 0 heterocycles. The summed E-state index contributed by atoms with van der Waals surface area (Å²) in [5, 5.41) is 0. The molecule has 0 aliphatic carbocycles. The highest BCUT2D eigenvalue weighted by atomic mass is 16.5. The summed E-state index contributed by atoms with van der Waals surface area (Å²) in [6.07, 6.45) is 1.02. The third-order valence-corrected chi connectivity index (χ3v) is 2.59. The molecule has 0 aliphatic heterocycles. The highest BCUT2D eigenvalue weighted by Crippen LogP contribution is 2.20. The van der Waals surface area contributed by atoms with Crippen molar-refractivity contribution in [2.45, 2.75) is 20.3 Å². The lowest BCUT2D eigenvalue weighted by atomic mass is 10.1. The molecule has 106 valence electrons. The number of hydrogen-bond acceptors (Lipinski definition) is 4. The molecule has 1 amide bonds. The molecule has 0 aliphatic rings. The largest absolute Gasteiger partial charge is 0.490 e. The fourth-order valence-electron chi connectivity index (χ4n) is 1.50. The third kappa shape index (κ3) is 5.61. The number of carbonyl (C=O) groups is 1. The Morgan fingerprint density at radius 2 is 2.00 bits per heavy atom. The van der Waals surface area contributed by atoms with Crippen LogP contribution < -0.4 is 16.2 Å². The molecule has 0 radical (unpaired) electrons. The Bertz CT molecular complexity index is 419. The van der Waals surface area contributed by atoms with Crippen molar-refractivity contribution in [1.29, 1.82) is 0 Å². The molecule has 4 N–H and O–H groups in total. The first kappa shape index (κ1) is 15.3. The van der Waals surface area contributed by atoms with Crippen LogP contribution in [-0.2, 0) is 4.74 Å². The van der Waals surface area contributed by atoms with Gasteiger partial charge in [0.15, 0.2) is 0 Å². The van der Waals surface area contributed by atoms with E-state index in [0.717, 1.165) is 6.42 Å². The van der Waals surface area contributed by atoms with Crippen LogP contribution in [-0.4, -0.2) is 25.7 Å². The van der Waals surface area contributed by atoms with Crippen LogP contribution in [0.4, 0.5) is 5.69 Å². The second kappa shape index (κ2) is 7.63. The van der Waals surface area contributed by atoms with Gasteiger partial charge in [0, 0.05) is 12.3 Å². The molecule has 0 aromatic heterocycles. The topological polar surface area (TPSA) is 87.6 Å². The van der Waals surface area contributed by atoms with Crippen LogP contribution >= 0.6 is 0 Å². The molecule has 0 bridgehead atoms. The van der Waals surface area contributed by atoms with Crippen molar-refractivity contribution in [3.05, 3.63) is 23.8 Å². The summed E-state index contributed by atoms with van der Waals surface area (Å²) in [6.45, 7) is 5.86. The van der Waals surface area contributed by atoms with Crippen molar-refractivity contribution in [2.24, 2.45) is 11.7 Å². The Balaban J connectivity index is 2.39. The number of amides is 1. The zero-order valence-corrected chi connectivity index (χ0v) is 11.5. The standard InChI is InChI=1S/C14H22N2O3/c1-10(2)5-6-18-7-8-19-13-4-3-11(15)9-12(13)14(16)17/h3-4,9-10H,5-8,15H2,1-2H3,(H2,16,17). The maximum absolute atomic E-state index is 11.2. The molecule has 0 unspecified atom stereocenters. The fourth-order valence-corrected chi connectivity index (χ4v) is 1.50. The van der Waals surface area contributed by atoms with Gasteiger partial charge in [-0.15, -0.1) is 0 Å². The summed E-state index contributed by atoms with van der Waals surface area (Å²) in [5.41, 5.74) is 11.6. The van der Waals surface area contributed by atoms with Crippen LogP contribution in [0.2, 0.25) is 0 Å². The van der Waals surface area contributed by atoms with Gasteiger partial charge in [0.2, 0.25) is 0 Å². The quantitative estimate of drug-likeness (QED) is 0.555. The zero-order valence-electron chi connectivity index (χ0n) is 11.5. The number of nitrogen functional groups attached to an aromatic ring is 1. The summed E-state index contributed by atoms with van der Waals surface area (Å²) in [7, 11) is 0. The molecular weight excluding hydrogens is 244 g/mol. The van der Waals surface area contributed by atoms with E-state index in [1.807, 2.05) is 0 Å². The van der Waals surface area contributed by atoms with Gasteiger partial charge in [-0.1, -0.05) is 13.8 Å². The smallest absolute Gasteiger partial charge is 0.252 e. The van der Waals surface area contributed by atoms with Crippen molar-refractivity contribution < 1.29 is 14.3 Å². The number of hydrogen-bond donors (Lipinski definition) is 2. The third-order valence-electron chi connectivity index (χ3n) is 2.59. The van der Waals surface area contributed by atoms with Gasteiger partial charge in [-0.2, -0.15) is 0 Å². The van der Waals surface area contributed by atoms with E-state index in [0.29, 0.717) is 42.7 Å². The maximum atomic E-state index is 11.2. The van der Waals surface area contributed by atoms with Crippen molar-refractivity contribution in [1.82, 2.24) is 0 Å². The second-order valence-electron chi connectivity index (χ2n) is 4.76. The summed E-state index contributed by atoms with van der Waals surface area (Å²) in [5.74, 6) is 0.511. The highest BCUT2D eigenvalue weighted by molar-refractivity contribution is 5.96. The van der Waals surface area contributed by atoms with Gasteiger partial charge in [0.05, 0.1) is 12.2 Å². The van der Waals surface area contributed by atoms with E-state index in [2.05, 4.69) is 13.8 Å². The lowest BCUT2D eigenvalue weighted by Crippen LogP contribution is -2.15. The minimum absolute atomic E-state index is 0.294. The SMILES string of the molecule is CC(C)CCOCCOc1ccc(N)cc1C(N)=O. The Labute approximate surface area is 113 Å². The van der Waals surface area contributed by atoms with Crippen LogP contribution in [0.3, 0.4) is 0 Å². The van der Waals surface area contributed by atoms with E-state index < -0.39 is 5.91 Å². The molecule has 0 saturated heterocycles. The van der Waals surface area contributed by atoms with Crippen molar-refractivity contribution in [3.8, 4) is 5.75 Å². The maximum Gasteiger partial charge on any atom is 0.252 e. The predicted octanol–water partition coefficient (Wildman–Crippen LogP) is 1.81. The average molecular weight is 266 g/mol. The van der Waals surface area contributed by atoms with E-state index in [9.17, 15) is 4.79 Å². The van der Waals surface area contributed by atoms with E-state index in [1.54, 1.807) is 12.1 Å². The number of ether oxygens (including phenoxy) is 2. The molecule has 5 heteroatoms. The molecule has 1 aromatic rings. The van der Waals surface area contributed by atoms with Crippen molar-refractivity contribution in [2.75, 3.05) is 25.6 Å².